The van der Waals surface area contributed by atoms with Gasteiger partial charge < -0.3 is 15.5 Å². The molecule has 1 aliphatic heterocycles. The molecule has 2 aromatic heterocycles. The average Bonchev–Trinajstić information content (AvgIpc) is 2.58. The molecule has 9 heteroatoms. The molecule has 2 N–H and O–H groups in total. The van der Waals surface area contributed by atoms with E-state index in [4.69, 9.17) is 0 Å². The van der Waals surface area contributed by atoms with Gasteiger partial charge in [-0.3, -0.25) is 14.2 Å². The lowest BCUT2D eigenvalue weighted by atomic mass is 10.3. The van der Waals surface area contributed by atoms with E-state index >= 15 is 0 Å². The van der Waals surface area contributed by atoms with Gasteiger partial charge in [0.1, 0.15) is 12.4 Å². The van der Waals surface area contributed by atoms with Crippen LogP contribution in [0.1, 0.15) is 0 Å². The Morgan fingerprint density at radius 1 is 1.29 bits per heavy atom. The first-order chi connectivity index (χ1) is 11.6. The molecule has 0 bridgehead atoms. The third-order valence-electron chi connectivity index (χ3n) is 3.49. The van der Waals surface area contributed by atoms with Crippen LogP contribution in [0.2, 0.25) is 0 Å². The van der Waals surface area contributed by atoms with Crippen LogP contribution in [-0.4, -0.2) is 46.0 Å². The van der Waals surface area contributed by atoms with Crippen molar-refractivity contribution in [2.24, 2.45) is 0 Å². The number of hydrogen-bond donors (Lipinski definition) is 2. The second-order valence-corrected chi connectivity index (χ2v) is 5.25. The predicted molar refractivity (Wildman–Crippen MR) is 86.6 cm³/mol. The van der Waals surface area contributed by atoms with Crippen molar-refractivity contribution in [3.63, 3.8) is 0 Å². The smallest absolute Gasteiger partial charge is 0.347 e. The van der Waals surface area contributed by atoms with Crippen LogP contribution in [0.15, 0.2) is 41.6 Å². The summed E-state index contributed by atoms with van der Waals surface area (Å²) < 4.78 is 1.21. The maximum Gasteiger partial charge on any atom is 0.347 e. The highest BCUT2D eigenvalue weighted by Crippen LogP contribution is 2.14. The molecule has 0 unspecified atom stereocenters. The molecule has 3 rings (SSSR count). The van der Waals surface area contributed by atoms with Crippen LogP contribution in [0.3, 0.4) is 0 Å². The normalized spacial score (nSPS) is 14.2. The average molecular weight is 328 g/mol. The Morgan fingerprint density at radius 3 is 2.88 bits per heavy atom. The zero-order valence-electron chi connectivity index (χ0n) is 12.8. The molecule has 0 aromatic carbocycles. The molecule has 2 amide bonds. The monoisotopic (exact) mass is 328 g/mol. The number of carbonyl (C=O) groups is 2. The first-order valence-corrected chi connectivity index (χ1v) is 7.41. The summed E-state index contributed by atoms with van der Waals surface area (Å²) in [6, 6.07) is 5.03. The molecule has 9 nitrogen and oxygen atoms in total. The zero-order valence-corrected chi connectivity index (χ0v) is 12.8. The van der Waals surface area contributed by atoms with E-state index in [1.165, 1.54) is 23.2 Å². The lowest BCUT2D eigenvalue weighted by Gasteiger charge is -2.27. The van der Waals surface area contributed by atoms with Gasteiger partial charge in [0.15, 0.2) is 0 Å². The van der Waals surface area contributed by atoms with E-state index in [-0.39, 0.29) is 24.9 Å². The lowest BCUT2D eigenvalue weighted by Crippen LogP contribution is -2.48. The van der Waals surface area contributed by atoms with E-state index in [1.807, 2.05) is 4.90 Å². The van der Waals surface area contributed by atoms with E-state index in [0.29, 0.717) is 24.6 Å². The van der Waals surface area contributed by atoms with Crippen LogP contribution >= 0.6 is 0 Å². The quantitative estimate of drug-likeness (QED) is 0.761. The molecular formula is C15H16N6O3. The number of anilines is 2. The lowest BCUT2D eigenvalue weighted by molar-refractivity contribution is -0.120. The van der Waals surface area contributed by atoms with Crippen molar-refractivity contribution in [1.82, 2.24) is 19.9 Å². The Morgan fingerprint density at radius 2 is 2.17 bits per heavy atom. The number of aromatic nitrogens is 3. The fourth-order valence-corrected chi connectivity index (χ4v) is 2.34. The summed E-state index contributed by atoms with van der Waals surface area (Å²) in [5.41, 5.74) is 0.0339. The van der Waals surface area contributed by atoms with Gasteiger partial charge in [-0.05, 0) is 18.2 Å². The maximum absolute atomic E-state index is 12.0. The fourth-order valence-electron chi connectivity index (χ4n) is 2.34. The van der Waals surface area contributed by atoms with E-state index in [2.05, 4.69) is 20.6 Å². The highest BCUT2D eigenvalue weighted by molar-refractivity contribution is 5.90. The van der Waals surface area contributed by atoms with Gasteiger partial charge in [0, 0.05) is 25.5 Å². The van der Waals surface area contributed by atoms with Crippen LogP contribution in [0.5, 0.6) is 0 Å². The van der Waals surface area contributed by atoms with Crippen molar-refractivity contribution >= 4 is 23.3 Å². The molecule has 0 spiro atoms. The van der Waals surface area contributed by atoms with Crippen LogP contribution in [0.25, 0.3) is 0 Å². The molecule has 1 aliphatic rings. The Balaban J connectivity index is 1.61. The summed E-state index contributed by atoms with van der Waals surface area (Å²) in [6.07, 6.45) is 4.39. The number of nitrogens with one attached hydrogen (secondary N) is 2. The number of piperazine rings is 1. The predicted octanol–water partition coefficient (Wildman–Crippen LogP) is -0.787. The highest BCUT2D eigenvalue weighted by Gasteiger charge is 2.17. The van der Waals surface area contributed by atoms with Gasteiger partial charge in [-0.15, -0.1) is 0 Å². The van der Waals surface area contributed by atoms with Gasteiger partial charge in [-0.25, -0.2) is 14.8 Å². The number of amides is 2. The molecular weight excluding hydrogens is 312 g/mol. The van der Waals surface area contributed by atoms with Gasteiger partial charge >= 0.3 is 5.69 Å². The number of nitrogens with zero attached hydrogens (tertiary/aromatic N) is 4. The fraction of sp³-hybridized carbons (Fsp3) is 0.267. The minimum absolute atomic E-state index is 0.0395. The largest absolute Gasteiger partial charge is 0.353 e. The molecule has 124 valence electrons. The second-order valence-electron chi connectivity index (χ2n) is 5.25. The van der Waals surface area contributed by atoms with Gasteiger partial charge in [0.25, 0.3) is 0 Å². The van der Waals surface area contributed by atoms with Gasteiger partial charge in [-0.2, -0.15) is 0 Å². The standard InChI is InChI=1S/C15H16N6O3/c22-13-9-20(7-5-16-13)12-3-2-11(8-18-12)19-14(23)10-21-6-1-4-17-15(21)24/h1-4,6,8H,5,7,9-10H2,(H,16,22)(H,19,23). The topological polar surface area (TPSA) is 109 Å². The number of hydrogen-bond acceptors (Lipinski definition) is 6. The van der Waals surface area contributed by atoms with Crippen LogP contribution in [0.4, 0.5) is 11.5 Å². The van der Waals surface area contributed by atoms with Crippen molar-refractivity contribution in [3.05, 3.63) is 47.3 Å². The van der Waals surface area contributed by atoms with Crippen molar-refractivity contribution < 1.29 is 9.59 Å². The molecule has 3 heterocycles. The highest BCUT2D eigenvalue weighted by atomic mass is 16.2. The van der Waals surface area contributed by atoms with E-state index in [9.17, 15) is 14.4 Å². The minimum atomic E-state index is -0.482. The third-order valence-corrected chi connectivity index (χ3v) is 3.49. The summed E-state index contributed by atoms with van der Waals surface area (Å²) in [6.45, 7) is 1.41. The minimum Gasteiger partial charge on any atom is -0.353 e. The summed E-state index contributed by atoms with van der Waals surface area (Å²) in [4.78, 5) is 44.5. The summed E-state index contributed by atoms with van der Waals surface area (Å²) in [5, 5.41) is 5.42. The molecule has 0 aliphatic carbocycles. The molecule has 1 fully saturated rings. The first kappa shape index (κ1) is 15.7. The van der Waals surface area contributed by atoms with Crippen molar-refractivity contribution in [2.75, 3.05) is 29.9 Å². The van der Waals surface area contributed by atoms with Crippen LogP contribution in [0, 0.1) is 0 Å². The summed E-state index contributed by atoms with van der Waals surface area (Å²) >= 11 is 0. The second kappa shape index (κ2) is 6.90. The number of pyridine rings is 1. The van der Waals surface area contributed by atoms with Crippen LogP contribution in [-0.2, 0) is 16.1 Å². The van der Waals surface area contributed by atoms with E-state index < -0.39 is 5.69 Å². The first-order valence-electron chi connectivity index (χ1n) is 7.41. The van der Waals surface area contributed by atoms with Crippen LogP contribution < -0.4 is 21.2 Å². The van der Waals surface area contributed by atoms with Crippen molar-refractivity contribution in [1.29, 1.82) is 0 Å². The Kier molecular flexibility index (Phi) is 4.50. The van der Waals surface area contributed by atoms with Gasteiger partial charge in [0.05, 0.1) is 18.4 Å². The zero-order chi connectivity index (χ0) is 16.9. The third kappa shape index (κ3) is 3.75. The summed E-state index contributed by atoms with van der Waals surface area (Å²) in [5.74, 6) is 0.283. The molecule has 0 atom stereocenters. The molecule has 2 aromatic rings. The van der Waals surface area contributed by atoms with Crippen molar-refractivity contribution in [2.45, 2.75) is 6.54 Å². The van der Waals surface area contributed by atoms with E-state index in [0.717, 1.165) is 0 Å². The molecule has 24 heavy (non-hydrogen) atoms. The van der Waals surface area contributed by atoms with Crippen molar-refractivity contribution in [3.8, 4) is 0 Å². The number of carbonyl (C=O) groups excluding carboxylic acids is 2. The van der Waals surface area contributed by atoms with E-state index in [1.54, 1.807) is 18.2 Å². The van der Waals surface area contributed by atoms with Gasteiger partial charge in [0.2, 0.25) is 11.8 Å². The maximum atomic E-state index is 12.0. The molecule has 0 saturated carbocycles. The summed E-state index contributed by atoms with van der Waals surface area (Å²) in [7, 11) is 0. The molecule has 1 saturated heterocycles. The SMILES string of the molecule is O=C1CN(c2ccc(NC(=O)Cn3cccnc3=O)cn2)CCN1. The Labute approximate surface area is 137 Å². The Hall–Kier alpha value is -3.23. The Bertz CT molecular complexity index is 801. The molecule has 0 radical (unpaired) electrons. The van der Waals surface area contributed by atoms with Gasteiger partial charge in [-0.1, -0.05) is 0 Å². The number of rotatable bonds is 4.